The molecule has 0 amide bonds. The van der Waals surface area contributed by atoms with Crippen LogP contribution in [0.5, 0.6) is 0 Å². The molecule has 0 aromatic heterocycles. The summed E-state index contributed by atoms with van der Waals surface area (Å²) in [5.74, 6) is -3.33. The van der Waals surface area contributed by atoms with Crippen molar-refractivity contribution in [2.24, 2.45) is 17.8 Å². The van der Waals surface area contributed by atoms with Crippen molar-refractivity contribution in [3.05, 3.63) is 40.7 Å². The second-order valence-corrected chi connectivity index (χ2v) is 9.04. The Bertz CT molecular complexity index is 766. The number of allylic oxidation sites excluding steroid dienone is 1. The molecule has 0 spiro atoms. The van der Waals surface area contributed by atoms with E-state index < -0.39 is 23.1 Å². The maximum atomic E-state index is 14.5. The molecule has 3 aliphatic rings. The van der Waals surface area contributed by atoms with Crippen LogP contribution in [0, 0.1) is 23.6 Å². The fraction of sp³-hybridized carbons (Fsp3) is 0.625. The molecule has 2 saturated carbocycles. The Kier molecular flexibility index (Phi) is 5.41. The van der Waals surface area contributed by atoms with Gasteiger partial charge in [0.05, 0.1) is 5.56 Å². The lowest BCUT2D eigenvalue weighted by Gasteiger charge is -2.38. The van der Waals surface area contributed by atoms with Crippen molar-refractivity contribution in [1.82, 2.24) is 0 Å². The van der Waals surface area contributed by atoms with Gasteiger partial charge in [0.2, 0.25) is 5.78 Å². The molecule has 0 saturated heterocycles. The van der Waals surface area contributed by atoms with Gasteiger partial charge >= 0.3 is 5.92 Å². The van der Waals surface area contributed by atoms with E-state index in [-0.39, 0.29) is 11.5 Å². The molecule has 0 N–H and O–H groups in total. The summed E-state index contributed by atoms with van der Waals surface area (Å²) < 4.78 is 42.7. The van der Waals surface area contributed by atoms with Crippen LogP contribution >= 0.6 is 0 Å². The standard InChI is InChI=1S/C24H29F3O/c1-2-15-3-5-16(6-4-15)17-7-9-18(10-8-17)20-13-19-11-12-22(28)24(26,27)23(19)21(25)14-20/h11-18H,2-10H2,1H3. The first-order valence-corrected chi connectivity index (χ1v) is 10.8. The maximum absolute atomic E-state index is 14.5. The van der Waals surface area contributed by atoms with E-state index >= 15 is 0 Å². The minimum absolute atomic E-state index is 0.152. The number of rotatable bonds is 3. The highest BCUT2D eigenvalue weighted by molar-refractivity contribution is 6.02. The highest BCUT2D eigenvalue weighted by atomic mass is 19.3. The molecule has 4 heteroatoms. The van der Waals surface area contributed by atoms with Gasteiger partial charge in [-0.15, -0.1) is 0 Å². The van der Waals surface area contributed by atoms with Crippen LogP contribution in [0.4, 0.5) is 13.2 Å². The van der Waals surface area contributed by atoms with Crippen LogP contribution in [0.2, 0.25) is 0 Å². The Balaban J connectivity index is 1.44. The smallest absolute Gasteiger partial charge is 0.288 e. The predicted molar refractivity (Wildman–Crippen MR) is 105 cm³/mol. The van der Waals surface area contributed by atoms with E-state index in [9.17, 15) is 18.0 Å². The van der Waals surface area contributed by atoms with Gasteiger partial charge in [0, 0.05) is 0 Å². The lowest BCUT2D eigenvalue weighted by molar-refractivity contribution is -0.139. The summed E-state index contributed by atoms with van der Waals surface area (Å²) in [6, 6.07) is 2.92. The number of alkyl halides is 2. The Hall–Kier alpha value is -1.58. The Labute approximate surface area is 165 Å². The minimum atomic E-state index is -3.76. The third-order valence-corrected chi connectivity index (χ3v) is 7.56. The SMILES string of the molecule is CCC1CCC(C2CCC(c3cc(F)c4c(c3)C=CC(=O)C4(F)F)CC2)CC1. The van der Waals surface area contributed by atoms with Crippen molar-refractivity contribution in [1.29, 1.82) is 0 Å². The van der Waals surface area contributed by atoms with E-state index in [0.29, 0.717) is 0 Å². The highest BCUT2D eigenvalue weighted by Gasteiger charge is 2.45. The predicted octanol–water partition coefficient (Wildman–Crippen LogP) is 7.00. The van der Waals surface area contributed by atoms with Crippen molar-refractivity contribution < 1.29 is 18.0 Å². The molecule has 1 nitrogen and oxygen atoms in total. The Morgan fingerprint density at radius 2 is 1.54 bits per heavy atom. The van der Waals surface area contributed by atoms with Gasteiger partial charge in [0.25, 0.3) is 0 Å². The first-order chi connectivity index (χ1) is 13.4. The monoisotopic (exact) mass is 390 g/mol. The zero-order chi connectivity index (χ0) is 19.9. The molecular weight excluding hydrogens is 361 g/mol. The zero-order valence-corrected chi connectivity index (χ0v) is 16.5. The number of benzene rings is 1. The molecule has 0 radical (unpaired) electrons. The first-order valence-electron chi connectivity index (χ1n) is 10.8. The van der Waals surface area contributed by atoms with Crippen LogP contribution in [0.15, 0.2) is 18.2 Å². The van der Waals surface area contributed by atoms with Crippen molar-refractivity contribution >= 4 is 11.9 Å². The van der Waals surface area contributed by atoms with Crippen LogP contribution in [-0.4, -0.2) is 5.78 Å². The number of hydrogen-bond acceptors (Lipinski definition) is 1. The second kappa shape index (κ2) is 7.68. The molecule has 1 aromatic carbocycles. The van der Waals surface area contributed by atoms with E-state index in [1.807, 2.05) is 0 Å². The Morgan fingerprint density at radius 1 is 0.929 bits per heavy atom. The van der Waals surface area contributed by atoms with E-state index in [1.54, 1.807) is 6.07 Å². The van der Waals surface area contributed by atoms with E-state index in [4.69, 9.17) is 0 Å². The van der Waals surface area contributed by atoms with Crippen molar-refractivity contribution in [2.45, 2.75) is 76.6 Å². The van der Waals surface area contributed by atoms with Crippen molar-refractivity contribution in [2.75, 3.05) is 0 Å². The fourth-order valence-electron chi connectivity index (χ4n) is 5.73. The molecule has 4 rings (SSSR count). The fourth-order valence-corrected chi connectivity index (χ4v) is 5.73. The second-order valence-electron chi connectivity index (χ2n) is 9.04. The van der Waals surface area contributed by atoms with Crippen LogP contribution in [0.3, 0.4) is 0 Å². The van der Waals surface area contributed by atoms with Gasteiger partial charge in [-0.3, -0.25) is 4.79 Å². The molecular formula is C24H29F3O. The molecule has 0 heterocycles. The quantitative estimate of drug-likeness (QED) is 0.543. The minimum Gasteiger partial charge on any atom is -0.288 e. The molecule has 1 aromatic rings. The lowest BCUT2D eigenvalue weighted by atomic mass is 9.68. The molecule has 0 unspecified atom stereocenters. The number of carbonyl (C=O) groups is 1. The summed E-state index contributed by atoms with van der Waals surface area (Å²) in [4.78, 5) is 11.4. The van der Waals surface area contributed by atoms with Crippen LogP contribution in [0.1, 0.15) is 87.3 Å². The van der Waals surface area contributed by atoms with Gasteiger partial charge in [-0.25, -0.2) is 4.39 Å². The lowest BCUT2D eigenvalue weighted by Crippen LogP contribution is -2.29. The van der Waals surface area contributed by atoms with Crippen LogP contribution < -0.4 is 0 Å². The maximum Gasteiger partial charge on any atom is 0.337 e. The van der Waals surface area contributed by atoms with Gasteiger partial charge < -0.3 is 0 Å². The normalized spacial score (nSPS) is 32.2. The van der Waals surface area contributed by atoms with E-state index in [0.717, 1.165) is 55.1 Å². The molecule has 2 fully saturated rings. The molecule has 3 aliphatic carbocycles. The molecule has 28 heavy (non-hydrogen) atoms. The summed E-state index contributed by atoms with van der Waals surface area (Å²) in [5, 5.41) is 0. The third kappa shape index (κ3) is 3.55. The average molecular weight is 390 g/mol. The summed E-state index contributed by atoms with van der Waals surface area (Å²) in [7, 11) is 0. The number of fused-ring (bicyclic) bond motifs is 1. The van der Waals surface area contributed by atoms with Crippen molar-refractivity contribution in [3.8, 4) is 0 Å². The molecule has 0 bridgehead atoms. The molecule has 0 aliphatic heterocycles. The average Bonchev–Trinajstić information content (AvgIpc) is 2.70. The van der Waals surface area contributed by atoms with Crippen LogP contribution in [0.25, 0.3) is 6.08 Å². The van der Waals surface area contributed by atoms with Gasteiger partial charge in [0.1, 0.15) is 5.82 Å². The summed E-state index contributed by atoms with van der Waals surface area (Å²) >= 11 is 0. The van der Waals surface area contributed by atoms with Gasteiger partial charge in [-0.2, -0.15) is 8.78 Å². The first kappa shape index (κ1) is 19.7. The van der Waals surface area contributed by atoms with E-state index in [1.165, 1.54) is 44.2 Å². The summed E-state index contributed by atoms with van der Waals surface area (Å²) in [6.45, 7) is 2.29. The largest absolute Gasteiger partial charge is 0.337 e. The van der Waals surface area contributed by atoms with Crippen molar-refractivity contribution in [3.63, 3.8) is 0 Å². The topological polar surface area (TPSA) is 17.1 Å². The number of halogens is 3. The zero-order valence-electron chi connectivity index (χ0n) is 16.5. The van der Waals surface area contributed by atoms with Gasteiger partial charge in [0.15, 0.2) is 0 Å². The number of ketones is 1. The summed E-state index contributed by atoms with van der Waals surface area (Å²) in [6.07, 6.45) is 13.2. The third-order valence-electron chi connectivity index (χ3n) is 7.56. The van der Waals surface area contributed by atoms with Crippen LogP contribution in [-0.2, 0) is 10.7 Å². The van der Waals surface area contributed by atoms with Gasteiger partial charge in [-0.1, -0.05) is 38.3 Å². The Morgan fingerprint density at radius 3 is 2.14 bits per heavy atom. The summed E-state index contributed by atoms with van der Waals surface area (Å²) in [5.41, 5.74) is 0.198. The number of hydrogen-bond donors (Lipinski definition) is 0. The molecule has 152 valence electrons. The van der Waals surface area contributed by atoms with E-state index in [2.05, 4.69) is 6.92 Å². The number of carbonyl (C=O) groups excluding carboxylic acids is 1. The van der Waals surface area contributed by atoms with Gasteiger partial charge in [-0.05, 0) is 85.5 Å². The highest BCUT2D eigenvalue weighted by Crippen LogP contribution is 2.46. The molecule has 0 atom stereocenters.